The molecular weight excluding hydrogens is 444 g/mol. The maximum Gasteiger partial charge on any atom is 0.407 e. The molecular formula is C18H22N6O7S. The number of aliphatic hydroxyl groups is 1. The minimum absolute atomic E-state index is 0.0457. The van der Waals surface area contributed by atoms with Gasteiger partial charge in [-0.05, 0) is 34.7 Å². The lowest BCUT2D eigenvalue weighted by Crippen LogP contribution is -2.53. The van der Waals surface area contributed by atoms with E-state index in [1.54, 1.807) is 13.0 Å². The number of nitro benzene ring substituents is 1. The van der Waals surface area contributed by atoms with E-state index in [2.05, 4.69) is 4.98 Å². The predicted octanol–water partition coefficient (Wildman–Crippen LogP) is 1.90. The van der Waals surface area contributed by atoms with Crippen LogP contribution in [-0.2, 0) is 6.54 Å². The van der Waals surface area contributed by atoms with Gasteiger partial charge in [0.15, 0.2) is 0 Å². The zero-order valence-corrected chi connectivity index (χ0v) is 18.0. The third kappa shape index (κ3) is 5.72. The molecule has 1 aromatic carbocycles. The Morgan fingerprint density at radius 3 is 2.41 bits per heavy atom. The summed E-state index contributed by atoms with van der Waals surface area (Å²) < 4.78 is 1.41. The van der Waals surface area contributed by atoms with E-state index in [1.165, 1.54) is 33.9 Å². The first kappa shape index (κ1) is 23.4. The van der Waals surface area contributed by atoms with Crippen molar-refractivity contribution < 1.29 is 24.9 Å². The fourth-order valence-electron chi connectivity index (χ4n) is 3.46. The quantitative estimate of drug-likeness (QED) is 0.433. The number of nitrogens with zero attached hydrogens (tertiary/aromatic N) is 6. The number of carboxylic acid groups (broad SMARTS) is 1. The van der Waals surface area contributed by atoms with Gasteiger partial charge < -0.3 is 25.2 Å². The van der Waals surface area contributed by atoms with Crippen LogP contribution < -0.4 is 0 Å². The van der Waals surface area contributed by atoms with Crippen LogP contribution in [0.25, 0.3) is 0 Å². The molecule has 0 saturated carbocycles. The molecule has 2 N–H and O–H groups in total. The lowest BCUT2D eigenvalue weighted by molar-refractivity contribution is -0.389. The summed E-state index contributed by atoms with van der Waals surface area (Å²) in [6, 6.07) is 5.99. The zero-order valence-electron chi connectivity index (χ0n) is 17.2. The Kier molecular flexibility index (Phi) is 6.96. The maximum absolute atomic E-state index is 11.3. The SMILES string of the molecule is CC(O)(CN1CCN(C(=O)O)CC1)Cn1cc([N+](=O)[O-])nc1Sc1ccccc1[N+](=O)[O-]. The zero-order chi connectivity index (χ0) is 23.5. The molecule has 1 aliphatic heterocycles. The van der Waals surface area contributed by atoms with Crippen molar-refractivity contribution in [3.63, 3.8) is 0 Å². The molecule has 0 spiro atoms. The minimum Gasteiger partial charge on any atom is -0.465 e. The monoisotopic (exact) mass is 466 g/mol. The Hall–Kier alpha value is -3.23. The van der Waals surface area contributed by atoms with Gasteiger partial charge in [-0.3, -0.25) is 19.6 Å². The molecule has 1 fully saturated rings. The fraction of sp³-hybridized carbons (Fsp3) is 0.444. The Labute approximate surface area is 186 Å². The number of β-amino-alcohol motifs (C(OH)–C–C–N with tert-alkyl or cyclic N) is 1. The number of amides is 1. The third-order valence-corrected chi connectivity index (χ3v) is 5.97. The van der Waals surface area contributed by atoms with Crippen LogP contribution in [0.5, 0.6) is 0 Å². The van der Waals surface area contributed by atoms with Crippen LogP contribution in [0.15, 0.2) is 40.5 Å². The largest absolute Gasteiger partial charge is 0.465 e. The molecule has 1 aliphatic rings. The number of nitro groups is 2. The number of hydrogen-bond donors (Lipinski definition) is 2. The number of para-hydroxylation sites is 1. The molecule has 1 saturated heterocycles. The van der Waals surface area contributed by atoms with Gasteiger partial charge in [-0.2, -0.15) is 0 Å². The van der Waals surface area contributed by atoms with E-state index in [0.717, 1.165) is 11.8 Å². The summed E-state index contributed by atoms with van der Waals surface area (Å²) in [6.07, 6.45) is 0.201. The average molecular weight is 466 g/mol. The first-order valence-electron chi connectivity index (χ1n) is 9.61. The molecule has 0 aliphatic carbocycles. The van der Waals surface area contributed by atoms with Gasteiger partial charge in [0.05, 0.1) is 22.0 Å². The molecule has 2 aromatic rings. The molecule has 2 heterocycles. The Balaban J connectivity index is 1.78. The van der Waals surface area contributed by atoms with Gasteiger partial charge in [0.2, 0.25) is 0 Å². The maximum atomic E-state index is 11.3. The highest BCUT2D eigenvalue weighted by Gasteiger charge is 2.31. The van der Waals surface area contributed by atoms with E-state index in [0.29, 0.717) is 26.2 Å². The molecule has 1 amide bonds. The Morgan fingerprint density at radius 1 is 1.16 bits per heavy atom. The second kappa shape index (κ2) is 9.50. The average Bonchev–Trinajstić information content (AvgIpc) is 3.10. The first-order valence-corrected chi connectivity index (χ1v) is 10.4. The molecule has 32 heavy (non-hydrogen) atoms. The lowest BCUT2D eigenvalue weighted by Gasteiger charge is -2.37. The van der Waals surface area contributed by atoms with Gasteiger partial charge >= 0.3 is 11.9 Å². The van der Waals surface area contributed by atoms with Gasteiger partial charge in [-0.15, -0.1) is 0 Å². The second-order valence-corrected chi connectivity index (χ2v) is 8.65. The number of imidazole rings is 1. The smallest absolute Gasteiger partial charge is 0.407 e. The highest BCUT2D eigenvalue weighted by molar-refractivity contribution is 7.99. The van der Waals surface area contributed by atoms with Crippen molar-refractivity contribution in [1.82, 2.24) is 19.4 Å². The molecule has 14 heteroatoms. The van der Waals surface area contributed by atoms with Crippen LogP contribution in [0.1, 0.15) is 6.92 Å². The standard InChI is InChI=1S/C18H22N6O7S/c1-18(27,11-20-6-8-21(9-7-20)17(25)26)12-22-10-15(24(30)31)19-16(22)32-14-5-3-2-4-13(14)23(28)29/h2-5,10,27H,6-9,11-12H2,1H3,(H,25,26). The molecule has 0 radical (unpaired) electrons. The van der Waals surface area contributed by atoms with Crippen LogP contribution in [0.2, 0.25) is 0 Å². The second-order valence-electron chi connectivity index (χ2n) is 7.64. The molecule has 0 bridgehead atoms. The van der Waals surface area contributed by atoms with E-state index in [9.17, 15) is 30.1 Å². The van der Waals surface area contributed by atoms with Gasteiger partial charge in [0.25, 0.3) is 10.8 Å². The van der Waals surface area contributed by atoms with E-state index >= 15 is 0 Å². The van der Waals surface area contributed by atoms with Crippen LogP contribution in [-0.4, -0.2) is 83.8 Å². The summed E-state index contributed by atoms with van der Waals surface area (Å²) in [6.45, 7) is 3.27. The van der Waals surface area contributed by atoms with Crippen molar-refractivity contribution >= 4 is 29.4 Å². The van der Waals surface area contributed by atoms with Crippen LogP contribution in [0.4, 0.5) is 16.3 Å². The summed E-state index contributed by atoms with van der Waals surface area (Å²) in [5.41, 5.74) is -1.48. The topological polar surface area (TPSA) is 168 Å². The van der Waals surface area contributed by atoms with Crippen LogP contribution >= 0.6 is 11.8 Å². The molecule has 1 atom stereocenters. The van der Waals surface area contributed by atoms with Gasteiger partial charge in [-0.25, -0.2) is 4.79 Å². The number of piperazine rings is 1. The highest BCUT2D eigenvalue weighted by Crippen LogP contribution is 2.35. The highest BCUT2D eigenvalue weighted by atomic mass is 32.2. The summed E-state index contributed by atoms with van der Waals surface area (Å²) in [5.74, 6) is -0.433. The summed E-state index contributed by atoms with van der Waals surface area (Å²) in [5, 5.41) is 42.7. The molecule has 3 rings (SSSR count). The first-order chi connectivity index (χ1) is 15.1. The Bertz CT molecular complexity index is 1020. The van der Waals surface area contributed by atoms with Crippen molar-refractivity contribution in [2.75, 3.05) is 32.7 Å². The minimum atomic E-state index is -1.32. The Morgan fingerprint density at radius 2 is 1.81 bits per heavy atom. The van der Waals surface area contributed by atoms with E-state index in [1.807, 2.05) is 4.90 Å². The van der Waals surface area contributed by atoms with Crippen molar-refractivity contribution in [2.24, 2.45) is 0 Å². The molecule has 172 valence electrons. The van der Waals surface area contributed by atoms with Crippen molar-refractivity contribution in [3.8, 4) is 0 Å². The van der Waals surface area contributed by atoms with Gasteiger partial charge in [0.1, 0.15) is 6.20 Å². The van der Waals surface area contributed by atoms with Crippen LogP contribution in [0, 0.1) is 20.2 Å². The van der Waals surface area contributed by atoms with Crippen molar-refractivity contribution in [1.29, 1.82) is 0 Å². The van der Waals surface area contributed by atoms with E-state index in [-0.39, 0.29) is 28.8 Å². The molecule has 1 unspecified atom stereocenters. The number of benzene rings is 1. The van der Waals surface area contributed by atoms with Crippen LogP contribution in [0.3, 0.4) is 0 Å². The summed E-state index contributed by atoms with van der Waals surface area (Å²) >= 11 is 0.907. The van der Waals surface area contributed by atoms with Gasteiger partial charge in [-0.1, -0.05) is 12.1 Å². The number of carbonyl (C=O) groups is 1. The fourth-order valence-corrected chi connectivity index (χ4v) is 4.42. The van der Waals surface area contributed by atoms with E-state index in [4.69, 9.17) is 5.11 Å². The number of hydrogen-bond acceptors (Lipinski definition) is 9. The summed E-state index contributed by atoms with van der Waals surface area (Å²) in [4.78, 5) is 39.8. The van der Waals surface area contributed by atoms with Crippen molar-refractivity contribution in [2.45, 2.75) is 29.1 Å². The lowest BCUT2D eigenvalue weighted by atomic mass is 10.1. The molecule has 13 nitrogen and oxygen atoms in total. The third-order valence-electron chi connectivity index (χ3n) is 4.90. The molecule has 1 aromatic heterocycles. The normalized spacial score (nSPS) is 16.5. The predicted molar refractivity (Wildman–Crippen MR) is 113 cm³/mol. The van der Waals surface area contributed by atoms with Gasteiger partial charge in [0, 0.05) is 38.8 Å². The van der Waals surface area contributed by atoms with Crippen molar-refractivity contribution in [3.05, 3.63) is 50.7 Å². The number of aromatic nitrogens is 2. The number of rotatable bonds is 8. The summed E-state index contributed by atoms with van der Waals surface area (Å²) in [7, 11) is 0. The van der Waals surface area contributed by atoms with E-state index < -0.39 is 27.4 Å².